The van der Waals surface area contributed by atoms with Gasteiger partial charge in [-0.3, -0.25) is 19.7 Å². The molecule has 30 heavy (non-hydrogen) atoms. The molecule has 0 saturated carbocycles. The van der Waals surface area contributed by atoms with E-state index in [1.807, 2.05) is 30.3 Å². The Morgan fingerprint density at radius 1 is 1.17 bits per heavy atom. The quantitative estimate of drug-likeness (QED) is 0.738. The molecule has 2 heterocycles. The third kappa shape index (κ3) is 4.45. The van der Waals surface area contributed by atoms with Crippen molar-refractivity contribution in [2.75, 3.05) is 19.0 Å². The molecule has 0 aliphatic carbocycles. The van der Waals surface area contributed by atoms with Crippen LogP contribution in [-0.4, -0.2) is 46.2 Å². The molecule has 3 amide bonds. The summed E-state index contributed by atoms with van der Waals surface area (Å²) in [7, 11) is 0. The molecule has 2 aliphatic rings. The fourth-order valence-corrected chi connectivity index (χ4v) is 5.04. The van der Waals surface area contributed by atoms with Crippen LogP contribution in [0, 0.1) is 11.3 Å². The molecule has 9 heteroatoms. The first kappa shape index (κ1) is 20.3. The standard InChI is InChI=1S/C21H17N3O4S2/c22-11-14-3-6-17-16(9-14)20(26)24(12-29-17)7-8-28-15-4-1-13(2-5-15)10-18-19(25)23-21(27)30-18/h1-6,9,18H,7-8,10,12H2,(H,23,25,27). The van der Waals surface area contributed by atoms with E-state index in [-0.39, 0.29) is 17.1 Å². The second kappa shape index (κ2) is 8.81. The van der Waals surface area contributed by atoms with E-state index in [9.17, 15) is 14.4 Å². The van der Waals surface area contributed by atoms with Gasteiger partial charge >= 0.3 is 0 Å². The molecule has 4 rings (SSSR count). The van der Waals surface area contributed by atoms with Crippen LogP contribution in [0.3, 0.4) is 0 Å². The van der Waals surface area contributed by atoms with Crippen molar-refractivity contribution in [2.24, 2.45) is 0 Å². The van der Waals surface area contributed by atoms with Gasteiger partial charge in [0.15, 0.2) is 0 Å². The van der Waals surface area contributed by atoms with E-state index in [1.165, 1.54) is 0 Å². The lowest BCUT2D eigenvalue weighted by molar-refractivity contribution is -0.118. The summed E-state index contributed by atoms with van der Waals surface area (Å²) in [6.45, 7) is 0.777. The van der Waals surface area contributed by atoms with E-state index in [0.717, 1.165) is 22.2 Å². The van der Waals surface area contributed by atoms with Crippen molar-refractivity contribution < 1.29 is 19.1 Å². The van der Waals surface area contributed by atoms with E-state index < -0.39 is 5.25 Å². The minimum Gasteiger partial charge on any atom is -0.492 e. The molecule has 0 radical (unpaired) electrons. The van der Waals surface area contributed by atoms with E-state index >= 15 is 0 Å². The summed E-state index contributed by atoms with van der Waals surface area (Å²) in [6, 6.07) is 14.6. The van der Waals surface area contributed by atoms with Gasteiger partial charge in [0, 0.05) is 4.90 Å². The maximum absolute atomic E-state index is 12.7. The first-order valence-electron chi connectivity index (χ1n) is 9.23. The number of ether oxygens (including phenoxy) is 1. The zero-order chi connectivity index (χ0) is 21.1. The van der Waals surface area contributed by atoms with Gasteiger partial charge in [0.05, 0.1) is 34.9 Å². The molecule has 0 aromatic heterocycles. The number of carbonyl (C=O) groups is 3. The number of hydrogen-bond donors (Lipinski definition) is 1. The van der Waals surface area contributed by atoms with Gasteiger partial charge in [-0.15, -0.1) is 11.8 Å². The minimum absolute atomic E-state index is 0.0957. The average Bonchev–Trinajstić information content (AvgIpc) is 3.07. The van der Waals surface area contributed by atoms with Gasteiger partial charge in [-0.05, 0) is 42.3 Å². The van der Waals surface area contributed by atoms with Crippen LogP contribution < -0.4 is 10.1 Å². The zero-order valence-corrected chi connectivity index (χ0v) is 17.4. The Morgan fingerprint density at radius 3 is 2.67 bits per heavy atom. The summed E-state index contributed by atoms with van der Waals surface area (Å²) in [4.78, 5) is 38.2. The number of nitrogens with zero attached hydrogens (tertiary/aromatic N) is 2. The SMILES string of the molecule is N#Cc1ccc2c(c1)C(=O)N(CCOc1ccc(CC3SC(=O)NC3=O)cc1)CS2. The van der Waals surface area contributed by atoms with Crippen molar-refractivity contribution in [1.29, 1.82) is 5.26 Å². The Morgan fingerprint density at radius 2 is 1.97 bits per heavy atom. The van der Waals surface area contributed by atoms with Crippen molar-refractivity contribution in [3.8, 4) is 11.8 Å². The highest BCUT2D eigenvalue weighted by Gasteiger charge is 2.31. The zero-order valence-electron chi connectivity index (χ0n) is 15.8. The van der Waals surface area contributed by atoms with Gasteiger partial charge in [-0.1, -0.05) is 23.9 Å². The second-order valence-electron chi connectivity index (χ2n) is 6.74. The summed E-state index contributed by atoms with van der Waals surface area (Å²) >= 11 is 2.58. The highest BCUT2D eigenvalue weighted by molar-refractivity contribution is 8.15. The fraction of sp³-hybridized carbons (Fsp3) is 0.238. The third-order valence-corrected chi connectivity index (χ3v) is 6.83. The third-order valence-electron chi connectivity index (χ3n) is 4.74. The second-order valence-corrected chi connectivity index (χ2v) is 8.91. The van der Waals surface area contributed by atoms with Crippen LogP contribution in [0.5, 0.6) is 5.75 Å². The molecule has 1 fully saturated rings. The molecular weight excluding hydrogens is 422 g/mol. The van der Waals surface area contributed by atoms with Crippen LogP contribution >= 0.6 is 23.5 Å². The predicted molar refractivity (Wildman–Crippen MR) is 113 cm³/mol. The summed E-state index contributed by atoms with van der Waals surface area (Å²) in [5.41, 5.74) is 1.97. The number of benzene rings is 2. The number of fused-ring (bicyclic) bond motifs is 1. The van der Waals surface area contributed by atoms with Gasteiger partial charge in [0.1, 0.15) is 12.4 Å². The first-order chi connectivity index (χ1) is 14.5. The molecule has 1 N–H and O–H groups in total. The molecule has 152 valence electrons. The van der Waals surface area contributed by atoms with Gasteiger partial charge in [0.2, 0.25) is 5.91 Å². The number of amides is 3. The predicted octanol–water partition coefficient (Wildman–Crippen LogP) is 3.04. The number of nitriles is 1. The maximum Gasteiger partial charge on any atom is 0.286 e. The molecule has 1 atom stereocenters. The highest BCUT2D eigenvalue weighted by atomic mass is 32.2. The normalized spacial score (nSPS) is 18.0. The maximum atomic E-state index is 12.7. The molecule has 7 nitrogen and oxygen atoms in total. The van der Waals surface area contributed by atoms with E-state index in [2.05, 4.69) is 11.4 Å². The summed E-state index contributed by atoms with van der Waals surface area (Å²) in [5.74, 6) is 0.863. The van der Waals surface area contributed by atoms with Crippen LogP contribution in [0.4, 0.5) is 4.79 Å². The highest BCUT2D eigenvalue weighted by Crippen LogP contribution is 2.31. The van der Waals surface area contributed by atoms with Gasteiger partial charge < -0.3 is 9.64 Å². The first-order valence-corrected chi connectivity index (χ1v) is 11.1. The molecule has 1 saturated heterocycles. The lowest BCUT2D eigenvalue weighted by Crippen LogP contribution is -2.37. The Kier molecular flexibility index (Phi) is 5.97. The Hall–Kier alpha value is -2.96. The molecular formula is C21H17N3O4S2. The topological polar surface area (TPSA) is 99.5 Å². The Balaban J connectivity index is 1.29. The summed E-state index contributed by atoms with van der Waals surface area (Å²) < 4.78 is 5.76. The van der Waals surface area contributed by atoms with Crippen molar-refractivity contribution in [2.45, 2.75) is 16.6 Å². The van der Waals surface area contributed by atoms with Crippen LogP contribution in [0.1, 0.15) is 21.5 Å². The lowest BCUT2D eigenvalue weighted by atomic mass is 10.1. The fourth-order valence-electron chi connectivity index (χ4n) is 3.17. The van der Waals surface area contributed by atoms with Gasteiger partial charge in [-0.2, -0.15) is 5.26 Å². The van der Waals surface area contributed by atoms with Crippen LogP contribution in [-0.2, 0) is 11.2 Å². The molecule has 0 bridgehead atoms. The lowest BCUT2D eigenvalue weighted by Gasteiger charge is -2.28. The van der Waals surface area contributed by atoms with Crippen molar-refractivity contribution in [3.05, 3.63) is 59.2 Å². The van der Waals surface area contributed by atoms with Crippen LogP contribution in [0.15, 0.2) is 47.4 Å². The molecule has 1 unspecified atom stereocenters. The minimum atomic E-state index is -0.392. The largest absolute Gasteiger partial charge is 0.492 e. The van der Waals surface area contributed by atoms with E-state index in [4.69, 9.17) is 10.00 Å². The van der Waals surface area contributed by atoms with Crippen molar-refractivity contribution in [1.82, 2.24) is 10.2 Å². The molecule has 2 aromatic carbocycles. The van der Waals surface area contributed by atoms with Crippen LogP contribution in [0.2, 0.25) is 0 Å². The number of carbonyl (C=O) groups excluding carboxylic acids is 3. The smallest absolute Gasteiger partial charge is 0.286 e. The van der Waals surface area contributed by atoms with E-state index in [1.54, 1.807) is 28.8 Å². The summed E-state index contributed by atoms with van der Waals surface area (Å²) in [5, 5.41) is 10.6. The number of hydrogen-bond acceptors (Lipinski definition) is 7. The summed E-state index contributed by atoms with van der Waals surface area (Å²) in [6.07, 6.45) is 0.478. The molecule has 0 spiro atoms. The number of imide groups is 1. The Labute approximate surface area is 181 Å². The number of rotatable bonds is 6. The average molecular weight is 440 g/mol. The molecule has 2 aromatic rings. The monoisotopic (exact) mass is 439 g/mol. The van der Waals surface area contributed by atoms with Crippen molar-refractivity contribution in [3.63, 3.8) is 0 Å². The van der Waals surface area contributed by atoms with E-state index in [0.29, 0.717) is 42.3 Å². The number of nitrogens with one attached hydrogen (secondary N) is 1. The Bertz CT molecular complexity index is 1050. The van der Waals surface area contributed by atoms with Crippen molar-refractivity contribution >= 4 is 40.6 Å². The number of thioether (sulfide) groups is 2. The van der Waals surface area contributed by atoms with Gasteiger partial charge in [0.25, 0.3) is 11.1 Å². The molecule has 2 aliphatic heterocycles. The van der Waals surface area contributed by atoms with Crippen LogP contribution in [0.25, 0.3) is 0 Å². The van der Waals surface area contributed by atoms with Gasteiger partial charge in [-0.25, -0.2) is 0 Å².